The van der Waals surface area contributed by atoms with Crippen LogP contribution in [0.25, 0.3) is 0 Å². The van der Waals surface area contributed by atoms with E-state index in [2.05, 4.69) is 13.6 Å². The Morgan fingerprint density at radius 3 is 2.77 bits per heavy atom. The SMILES string of the molecule is O=C(CCc1cccc(Cl)c1)N1CCN(c2cnsn2)CC1. The van der Waals surface area contributed by atoms with Crippen molar-refractivity contribution in [3.05, 3.63) is 41.0 Å². The van der Waals surface area contributed by atoms with Crippen molar-refractivity contribution in [1.82, 2.24) is 13.6 Å². The highest BCUT2D eigenvalue weighted by molar-refractivity contribution is 6.99. The quantitative estimate of drug-likeness (QED) is 0.860. The van der Waals surface area contributed by atoms with Gasteiger partial charge in [-0.2, -0.15) is 8.75 Å². The maximum atomic E-state index is 12.3. The number of hydrogen-bond acceptors (Lipinski definition) is 5. The van der Waals surface area contributed by atoms with Crippen LogP contribution in [0.2, 0.25) is 5.02 Å². The molecule has 1 aliphatic rings. The zero-order valence-corrected chi connectivity index (χ0v) is 13.7. The number of carbonyl (C=O) groups excluding carboxylic acids is 1. The molecule has 0 bridgehead atoms. The fourth-order valence-corrected chi connectivity index (χ4v) is 3.23. The summed E-state index contributed by atoms with van der Waals surface area (Å²) in [5, 5.41) is 0.718. The van der Waals surface area contributed by atoms with Crippen molar-refractivity contribution >= 4 is 35.1 Å². The van der Waals surface area contributed by atoms with Crippen LogP contribution in [-0.4, -0.2) is 45.7 Å². The average molecular weight is 337 g/mol. The molecule has 1 aliphatic heterocycles. The highest BCUT2D eigenvalue weighted by Crippen LogP contribution is 2.15. The molecule has 1 amide bonds. The lowest BCUT2D eigenvalue weighted by molar-refractivity contribution is -0.131. The van der Waals surface area contributed by atoms with Crippen molar-refractivity contribution in [2.24, 2.45) is 0 Å². The second kappa shape index (κ2) is 7.07. The van der Waals surface area contributed by atoms with Gasteiger partial charge in [0.2, 0.25) is 5.91 Å². The van der Waals surface area contributed by atoms with Gasteiger partial charge in [-0.25, -0.2) is 0 Å². The van der Waals surface area contributed by atoms with Gasteiger partial charge in [-0.15, -0.1) is 0 Å². The van der Waals surface area contributed by atoms with Crippen molar-refractivity contribution in [1.29, 1.82) is 0 Å². The molecule has 1 aromatic heterocycles. The van der Waals surface area contributed by atoms with Crippen molar-refractivity contribution in [2.75, 3.05) is 31.1 Å². The standard InChI is InChI=1S/C15H17ClN4OS/c16-13-3-1-2-12(10-13)4-5-15(21)20-8-6-19(7-9-20)14-11-17-22-18-14/h1-3,10-11H,4-9H2. The van der Waals surface area contributed by atoms with Crippen LogP contribution < -0.4 is 4.90 Å². The Hall–Kier alpha value is -1.66. The van der Waals surface area contributed by atoms with Crippen molar-refractivity contribution in [3.8, 4) is 0 Å². The van der Waals surface area contributed by atoms with Gasteiger partial charge in [0.25, 0.3) is 0 Å². The Kier molecular flexibility index (Phi) is 4.90. The molecular weight excluding hydrogens is 320 g/mol. The molecule has 1 saturated heterocycles. The van der Waals surface area contributed by atoms with Gasteiger partial charge in [-0.3, -0.25) is 4.79 Å². The molecule has 2 aromatic rings. The summed E-state index contributed by atoms with van der Waals surface area (Å²) in [6.45, 7) is 3.11. The van der Waals surface area contributed by atoms with Crippen LogP contribution in [-0.2, 0) is 11.2 Å². The molecule has 22 heavy (non-hydrogen) atoms. The van der Waals surface area contributed by atoms with Crippen LogP contribution in [0.5, 0.6) is 0 Å². The first-order valence-corrected chi connectivity index (χ1v) is 8.38. The van der Waals surface area contributed by atoms with Gasteiger partial charge in [-0.05, 0) is 24.1 Å². The van der Waals surface area contributed by atoms with E-state index in [9.17, 15) is 4.79 Å². The largest absolute Gasteiger partial charge is 0.351 e. The van der Waals surface area contributed by atoms with E-state index in [4.69, 9.17) is 11.6 Å². The number of anilines is 1. The number of piperazine rings is 1. The Labute approximate surface area is 138 Å². The third kappa shape index (κ3) is 3.75. The molecule has 116 valence electrons. The lowest BCUT2D eigenvalue weighted by Gasteiger charge is -2.34. The third-order valence-corrected chi connectivity index (χ3v) is 4.53. The molecule has 3 rings (SSSR count). The topological polar surface area (TPSA) is 49.3 Å². The van der Waals surface area contributed by atoms with Crippen LogP contribution in [0.3, 0.4) is 0 Å². The number of halogens is 1. The number of carbonyl (C=O) groups is 1. The normalized spacial score (nSPS) is 15.1. The van der Waals surface area contributed by atoms with Crippen LogP contribution in [0.1, 0.15) is 12.0 Å². The molecule has 0 saturated carbocycles. The van der Waals surface area contributed by atoms with Gasteiger partial charge >= 0.3 is 0 Å². The highest BCUT2D eigenvalue weighted by atomic mass is 35.5. The van der Waals surface area contributed by atoms with Gasteiger partial charge in [0, 0.05) is 37.6 Å². The summed E-state index contributed by atoms with van der Waals surface area (Å²) in [5.74, 6) is 1.12. The summed E-state index contributed by atoms with van der Waals surface area (Å²) in [7, 11) is 0. The monoisotopic (exact) mass is 336 g/mol. The smallest absolute Gasteiger partial charge is 0.223 e. The maximum absolute atomic E-state index is 12.3. The van der Waals surface area contributed by atoms with E-state index < -0.39 is 0 Å². The predicted molar refractivity (Wildman–Crippen MR) is 88.5 cm³/mol. The molecule has 7 heteroatoms. The molecule has 0 aliphatic carbocycles. The molecule has 5 nitrogen and oxygen atoms in total. The first-order chi connectivity index (χ1) is 10.7. The Morgan fingerprint density at radius 1 is 1.27 bits per heavy atom. The molecule has 0 radical (unpaired) electrons. The summed E-state index contributed by atoms with van der Waals surface area (Å²) in [5.41, 5.74) is 1.10. The Balaban J connectivity index is 1.48. The van der Waals surface area contributed by atoms with E-state index in [0.29, 0.717) is 6.42 Å². The Bertz CT molecular complexity index is 626. The van der Waals surface area contributed by atoms with E-state index in [-0.39, 0.29) is 5.91 Å². The van der Waals surface area contributed by atoms with E-state index in [1.807, 2.05) is 29.2 Å². The fourth-order valence-electron chi connectivity index (χ4n) is 2.59. The molecule has 0 spiro atoms. The number of amides is 1. The van der Waals surface area contributed by atoms with E-state index in [1.165, 1.54) is 11.7 Å². The summed E-state index contributed by atoms with van der Waals surface area (Å²) in [6.07, 6.45) is 3.04. The van der Waals surface area contributed by atoms with Crippen LogP contribution in [0, 0.1) is 0 Å². The summed E-state index contributed by atoms with van der Waals surface area (Å²) >= 11 is 7.18. The minimum Gasteiger partial charge on any atom is -0.351 e. The zero-order chi connectivity index (χ0) is 15.4. The van der Waals surface area contributed by atoms with Gasteiger partial charge in [0.05, 0.1) is 17.9 Å². The molecule has 0 unspecified atom stereocenters. The highest BCUT2D eigenvalue weighted by Gasteiger charge is 2.22. The lowest BCUT2D eigenvalue weighted by Crippen LogP contribution is -2.49. The summed E-state index contributed by atoms with van der Waals surface area (Å²) < 4.78 is 8.25. The van der Waals surface area contributed by atoms with Gasteiger partial charge in [0.1, 0.15) is 0 Å². The molecule has 2 heterocycles. The third-order valence-electron chi connectivity index (χ3n) is 3.82. The number of nitrogens with zero attached hydrogens (tertiary/aromatic N) is 4. The van der Waals surface area contributed by atoms with Crippen molar-refractivity contribution < 1.29 is 4.79 Å². The van der Waals surface area contributed by atoms with Crippen LogP contribution in [0.15, 0.2) is 30.5 Å². The number of aromatic nitrogens is 2. The number of rotatable bonds is 4. The van der Waals surface area contributed by atoms with E-state index >= 15 is 0 Å². The molecular formula is C15H17ClN4OS. The molecule has 1 fully saturated rings. The van der Waals surface area contributed by atoms with E-state index in [1.54, 1.807) is 6.20 Å². The average Bonchev–Trinajstić information content (AvgIpc) is 3.07. The van der Waals surface area contributed by atoms with Crippen LogP contribution in [0.4, 0.5) is 5.82 Å². The van der Waals surface area contributed by atoms with Gasteiger partial charge in [-0.1, -0.05) is 23.7 Å². The van der Waals surface area contributed by atoms with Gasteiger partial charge < -0.3 is 9.80 Å². The number of aryl methyl sites for hydroxylation is 1. The van der Waals surface area contributed by atoms with E-state index in [0.717, 1.165) is 49.0 Å². The second-order valence-electron chi connectivity index (χ2n) is 5.26. The molecule has 1 aromatic carbocycles. The van der Waals surface area contributed by atoms with Crippen molar-refractivity contribution in [2.45, 2.75) is 12.8 Å². The molecule has 0 N–H and O–H groups in total. The fraction of sp³-hybridized carbons (Fsp3) is 0.400. The predicted octanol–water partition coefficient (Wildman–Crippen LogP) is 2.47. The van der Waals surface area contributed by atoms with Crippen molar-refractivity contribution in [3.63, 3.8) is 0 Å². The molecule has 0 atom stereocenters. The summed E-state index contributed by atoms with van der Waals surface area (Å²) in [4.78, 5) is 16.4. The first-order valence-electron chi connectivity index (χ1n) is 7.27. The minimum absolute atomic E-state index is 0.205. The number of benzene rings is 1. The summed E-state index contributed by atoms with van der Waals surface area (Å²) in [6, 6.07) is 7.69. The minimum atomic E-state index is 0.205. The van der Waals surface area contributed by atoms with Crippen LogP contribution >= 0.6 is 23.3 Å². The maximum Gasteiger partial charge on any atom is 0.223 e. The lowest BCUT2D eigenvalue weighted by atomic mass is 10.1. The van der Waals surface area contributed by atoms with Gasteiger partial charge in [0.15, 0.2) is 5.82 Å². The first kappa shape index (κ1) is 15.2. The second-order valence-corrected chi connectivity index (χ2v) is 6.26. The Morgan fingerprint density at radius 2 is 2.09 bits per heavy atom. The number of hydrogen-bond donors (Lipinski definition) is 0. The zero-order valence-electron chi connectivity index (χ0n) is 12.1.